The van der Waals surface area contributed by atoms with Gasteiger partial charge in [0.15, 0.2) is 0 Å². The summed E-state index contributed by atoms with van der Waals surface area (Å²) < 4.78 is 11.6. The molecule has 4 rings (SSSR count). The monoisotopic (exact) mass is 372 g/mol. The minimum Gasteiger partial charge on any atom is -0.445 e. The molecule has 3 aliphatic rings. The van der Waals surface area contributed by atoms with Crippen molar-refractivity contribution in [2.75, 3.05) is 32.8 Å². The highest BCUT2D eigenvalue weighted by Crippen LogP contribution is 2.30. The fourth-order valence-electron chi connectivity index (χ4n) is 4.21. The van der Waals surface area contributed by atoms with E-state index in [2.05, 4.69) is 4.90 Å². The van der Waals surface area contributed by atoms with Crippen LogP contribution in [0.1, 0.15) is 44.1 Å². The van der Waals surface area contributed by atoms with Crippen molar-refractivity contribution in [3.8, 4) is 0 Å². The molecule has 0 N–H and O–H groups in total. The summed E-state index contributed by atoms with van der Waals surface area (Å²) in [4.78, 5) is 16.8. The van der Waals surface area contributed by atoms with Crippen LogP contribution in [0.15, 0.2) is 30.3 Å². The summed E-state index contributed by atoms with van der Waals surface area (Å²) in [6.45, 7) is 5.14. The molecule has 2 saturated heterocycles. The maximum atomic E-state index is 12.3. The Morgan fingerprint density at radius 1 is 1.00 bits per heavy atom. The van der Waals surface area contributed by atoms with E-state index in [0.29, 0.717) is 18.8 Å². The van der Waals surface area contributed by atoms with Crippen LogP contribution in [0.4, 0.5) is 4.79 Å². The standard InChI is InChI=1S/C22H32N2O3/c25-22(27-17-18-5-2-1-3-6-18)23-13-10-20(11-14-23)24-12-4-7-21(15-24)26-16-19-8-9-19/h1-3,5-6,19-21H,4,7-17H2. The lowest BCUT2D eigenvalue weighted by Gasteiger charge is -2.42. The van der Waals surface area contributed by atoms with E-state index in [-0.39, 0.29) is 6.09 Å². The molecule has 148 valence electrons. The summed E-state index contributed by atoms with van der Waals surface area (Å²) in [6, 6.07) is 10.5. The molecule has 1 aromatic carbocycles. The van der Waals surface area contributed by atoms with Gasteiger partial charge in [0.1, 0.15) is 6.61 Å². The Morgan fingerprint density at radius 3 is 2.52 bits per heavy atom. The number of carbonyl (C=O) groups excluding carboxylic acids is 1. The lowest BCUT2D eigenvalue weighted by Crippen LogP contribution is -2.51. The van der Waals surface area contributed by atoms with E-state index in [1.165, 1.54) is 32.2 Å². The molecular formula is C22H32N2O3. The summed E-state index contributed by atoms with van der Waals surface area (Å²) in [5, 5.41) is 0. The Morgan fingerprint density at radius 2 is 1.78 bits per heavy atom. The number of nitrogens with zero attached hydrogens (tertiary/aromatic N) is 2. The van der Waals surface area contributed by atoms with Crippen molar-refractivity contribution in [3.05, 3.63) is 35.9 Å². The minimum absolute atomic E-state index is 0.179. The third kappa shape index (κ3) is 5.45. The fraction of sp³-hybridized carbons (Fsp3) is 0.682. The average molecular weight is 373 g/mol. The summed E-state index contributed by atoms with van der Waals surface area (Å²) >= 11 is 0. The van der Waals surface area contributed by atoms with E-state index in [0.717, 1.165) is 50.6 Å². The highest BCUT2D eigenvalue weighted by molar-refractivity contribution is 5.67. The van der Waals surface area contributed by atoms with Crippen LogP contribution in [0.3, 0.4) is 0 Å². The highest BCUT2D eigenvalue weighted by Gasteiger charge is 2.32. The predicted molar refractivity (Wildman–Crippen MR) is 104 cm³/mol. The van der Waals surface area contributed by atoms with Crippen LogP contribution in [-0.4, -0.2) is 60.8 Å². The summed E-state index contributed by atoms with van der Waals surface area (Å²) in [5.41, 5.74) is 1.03. The molecule has 1 saturated carbocycles. The number of benzene rings is 1. The van der Waals surface area contributed by atoms with E-state index in [1.807, 2.05) is 35.2 Å². The number of amides is 1. The number of hydrogen-bond donors (Lipinski definition) is 0. The van der Waals surface area contributed by atoms with Gasteiger partial charge in [-0.1, -0.05) is 30.3 Å². The zero-order chi connectivity index (χ0) is 18.5. The maximum Gasteiger partial charge on any atom is 0.410 e. The van der Waals surface area contributed by atoms with Gasteiger partial charge in [-0.15, -0.1) is 0 Å². The average Bonchev–Trinajstić information content (AvgIpc) is 3.56. The molecule has 0 bridgehead atoms. The number of ether oxygens (including phenoxy) is 2. The molecule has 0 aromatic heterocycles. The van der Waals surface area contributed by atoms with E-state index in [4.69, 9.17) is 9.47 Å². The first kappa shape index (κ1) is 18.8. The van der Waals surface area contributed by atoms with Gasteiger partial charge in [0, 0.05) is 32.3 Å². The normalized spacial score (nSPS) is 24.7. The fourth-order valence-corrected chi connectivity index (χ4v) is 4.21. The van der Waals surface area contributed by atoms with Gasteiger partial charge in [-0.25, -0.2) is 4.79 Å². The molecular weight excluding hydrogens is 340 g/mol. The van der Waals surface area contributed by atoms with E-state index < -0.39 is 0 Å². The molecule has 1 unspecified atom stereocenters. The van der Waals surface area contributed by atoms with Crippen molar-refractivity contribution in [3.63, 3.8) is 0 Å². The summed E-state index contributed by atoms with van der Waals surface area (Å²) in [6.07, 6.45) is 7.45. The molecule has 0 radical (unpaired) electrons. The summed E-state index contributed by atoms with van der Waals surface area (Å²) in [7, 11) is 0. The molecule has 1 aliphatic carbocycles. The third-order valence-electron chi connectivity index (χ3n) is 6.12. The number of rotatable bonds is 6. The first-order valence-electron chi connectivity index (χ1n) is 10.6. The molecule has 27 heavy (non-hydrogen) atoms. The lowest BCUT2D eigenvalue weighted by molar-refractivity contribution is -0.0253. The van der Waals surface area contributed by atoms with Gasteiger partial charge in [0.2, 0.25) is 0 Å². The number of likely N-dealkylation sites (tertiary alicyclic amines) is 2. The van der Waals surface area contributed by atoms with Crippen molar-refractivity contribution >= 4 is 6.09 Å². The minimum atomic E-state index is -0.179. The van der Waals surface area contributed by atoms with Crippen LogP contribution < -0.4 is 0 Å². The molecule has 2 heterocycles. The topological polar surface area (TPSA) is 42.0 Å². The Bertz CT molecular complexity index is 597. The van der Waals surface area contributed by atoms with Crippen molar-refractivity contribution in [2.45, 2.75) is 57.3 Å². The Hall–Kier alpha value is -1.59. The quantitative estimate of drug-likeness (QED) is 0.764. The lowest BCUT2D eigenvalue weighted by atomic mass is 9.99. The van der Waals surface area contributed by atoms with Gasteiger partial charge >= 0.3 is 6.09 Å². The van der Waals surface area contributed by atoms with E-state index >= 15 is 0 Å². The second-order valence-corrected chi connectivity index (χ2v) is 8.29. The molecule has 0 spiro atoms. The largest absolute Gasteiger partial charge is 0.445 e. The van der Waals surface area contributed by atoms with E-state index in [9.17, 15) is 4.79 Å². The molecule has 1 atom stereocenters. The summed E-state index contributed by atoms with van der Waals surface area (Å²) in [5.74, 6) is 0.838. The molecule has 1 aromatic rings. The molecule has 1 amide bonds. The van der Waals surface area contributed by atoms with Crippen LogP contribution in [0, 0.1) is 5.92 Å². The number of piperidine rings is 2. The first-order valence-corrected chi connectivity index (χ1v) is 10.6. The highest BCUT2D eigenvalue weighted by atomic mass is 16.6. The Labute approximate surface area is 162 Å². The molecule has 5 heteroatoms. The van der Waals surface area contributed by atoms with Crippen molar-refractivity contribution in [1.82, 2.24) is 9.80 Å². The SMILES string of the molecule is O=C(OCc1ccccc1)N1CCC(N2CCCC(OCC3CC3)C2)CC1. The van der Waals surface area contributed by atoms with Crippen molar-refractivity contribution in [2.24, 2.45) is 5.92 Å². The van der Waals surface area contributed by atoms with Gasteiger partial charge in [0.25, 0.3) is 0 Å². The van der Waals surface area contributed by atoms with Crippen LogP contribution >= 0.6 is 0 Å². The third-order valence-corrected chi connectivity index (χ3v) is 6.12. The smallest absolute Gasteiger partial charge is 0.410 e. The second-order valence-electron chi connectivity index (χ2n) is 8.29. The zero-order valence-corrected chi connectivity index (χ0v) is 16.2. The number of hydrogen-bond acceptors (Lipinski definition) is 4. The first-order chi connectivity index (χ1) is 13.3. The van der Waals surface area contributed by atoms with Crippen molar-refractivity contribution in [1.29, 1.82) is 0 Å². The van der Waals surface area contributed by atoms with Gasteiger partial charge in [-0.05, 0) is 56.6 Å². The Balaban J connectivity index is 1.18. The van der Waals surface area contributed by atoms with Crippen LogP contribution in [-0.2, 0) is 16.1 Å². The molecule has 3 fully saturated rings. The van der Waals surface area contributed by atoms with Crippen LogP contribution in [0.2, 0.25) is 0 Å². The van der Waals surface area contributed by atoms with Crippen molar-refractivity contribution < 1.29 is 14.3 Å². The Kier molecular flexibility index (Phi) is 6.30. The predicted octanol–water partition coefficient (Wildman–Crippen LogP) is 3.68. The zero-order valence-electron chi connectivity index (χ0n) is 16.2. The van der Waals surface area contributed by atoms with Gasteiger partial charge in [-0.3, -0.25) is 4.90 Å². The number of carbonyl (C=O) groups is 1. The van der Waals surface area contributed by atoms with E-state index in [1.54, 1.807) is 0 Å². The van der Waals surface area contributed by atoms with Gasteiger partial charge < -0.3 is 14.4 Å². The van der Waals surface area contributed by atoms with Gasteiger partial charge in [0.05, 0.1) is 6.10 Å². The second kappa shape index (κ2) is 9.07. The van der Waals surface area contributed by atoms with Crippen LogP contribution in [0.25, 0.3) is 0 Å². The van der Waals surface area contributed by atoms with Crippen LogP contribution in [0.5, 0.6) is 0 Å². The maximum absolute atomic E-state index is 12.3. The van der Waals surface area contributed by atoms with Gasteiger partial charge in [-0.2, -0.15) is 0 Å². The molecule has 2 aliphatic heterocycles. The molecule has 5 nitrogen and oxygen atoms in total.